The molecule has 4 aliphatic carbocycles. The molecule has 14 atom stereocenters. The maximum atomic E-state index is 15.5. The summed E-state index contributed by atoms with van der Waals surface area (Å²) in [7, 11) is 1.19. The summed E-state index contributed by atoms with van der Waals surface area (Å²) in [5, 5.41) is 25.0. The number of carbonyl (C=O) groups excluding carboxylic acids is 5. The molecule has 14 heteroatoms. The molecular formula is C39H44O14. The molecule has 4 saturated carbocycles. The Balaban J connectivity index is 1.26. The smallest absolute Gasteiger partial charge is 0.341 e. The van der Waals surface area contributed by atoms with Gasteiger partial charge in [-0.15, -0.1) is 0 Å². The van der Waals surface area contributed by atoms with Crippen LogP contribution in [0.25, 0.3) is 0 Å². The number of methoxy groups -OCH3 is 1. The van der Waals surface area contributed by atoms with Crippen LogP contribution in [-0.2, 0) is 42.8 Å². The van der Waals surface area contributed by atoms with E-state index in [1.807, 2.05) is 19.9 Å². The first-order valence-electron chi connectivity index (χ1n) is 18.0. The standard InChI is InChI=1S/C39H44O14/c1-18(40)50-27-15-26(43)38-17-49-34(52-33(46)22-10-8-7-9-21(22)32(45)47-6)35(27,3)24(38)14-25(42)37(5)30(38)29(44)31(51-19(2)41)36(4)23(20-11-12-48-16-20)13-28-39(36,37)53-28/h7-12,16,23-28,30-31,34,42-43H,13-15,17H2,1-6H3/t23-,24-,25+,26-,27+,28+,30-,31-,34-,35+,36+,37+,38+,39+/m0/s1. The van der Waals surface area contributed by atoms with E-state index in [2.05, 4.69) is 0 Å². The number of fused-ring (bicyclic) bond motifs is 1. The molecule has 2 aliphatic heterocycles. The lowest BCUT2D eigenvalue weighted by atomic mass is 9.33. The Kier molecular flexibility index (Phi) is 7.92. The maximum Gasteiger partial charge on any atom is 0.341 e. The summed E-state index contributed by atoms with van der Waals surface area (Å²) in [4.78, 5) is 67.3. The molecule has 14 nitrogen and oxygen atoms in total. The zero-order valence-electron chi connectivity index (χ0n) is 30.4. The molecule has 8 rings (SSSR count). The SMILES string of the molecule is COC(=O)c1ccccc1C(=O)O[C@@H]1OC[C@@]23[C@H]4C(=O)[C@H](OC(C)=O)[C@@]5(C)[C@H](c6ccoc6)C[C@H]6O[C@]65[C@]4(C)[C@H](O)C[C@H]2[C@]1(C)[C@H](OC(C)=O)C[C@@H]3O. The van der Waals surface area contributed by atoms with Crippen LogP contribution in [0.5, 0.6) is 0 Å². The Morgan fingerprint density at radius 2 is 1.53 bits per heavy atom. The molecule has 1 aromatic heterocycles. The van der Waals surface area contributed by atoms with Crippen molar-refractivity contribution < 1.29 is 67.0 Å². The first-order chi connectivity index (χ1) is 25.0. The number of aliphatic hydroxyl groups is 2. The summed E-state index contributed by atoms with van der Waals surface area (Å²) in [6.07, 6.45) is -3.33. The van der Waals surface area contributed by atoms with Gasteiger partial charge in [-0.25, -0.2) is 9.59 Å². The van der Waals surface area contributed by atoms with Crippen molar-refractivity contribution in [2.75, 3.05) is 13.7 Å². The van der Waals surface area contributed by atoms with Gasteiger partial charge in [0.15, 0.2) is 11.9 Å². The lowest BCUT2D eigenvalue weighted by Gasteiger charge is -2.73. The van der Waals surface area contributed by atoms with Crippen LogP contribution in [0.4, 0.5) is 0 Å². The van der Waals surface area contributed by atoms with Crippen LogP contribution >= 0.6 is 0 Å². The van der Waals surface area contributed by atoms with Crippen LogP contribution in [0.3, 0.4) is 0 Å². The molecule has 2 N–H and O–H groups in total. The molecule has 2 bridgehead atoms. The number of hydrogen-bond donors (Lipinski definition) is 2. The van der Waals surface area contributed by atoms with Gasteiger partial charge in [-0.2, -0.15) is 0 Å². The molecule has 6 fully saturated rings. The number of ketones is 1. The van der Waals surface area contributed by atoms with Gasteiger partial charge in [-0.1, -0.05) is 26.0 Å². The lowest BCUT2D eigenvalue weighted by molar-refractivity contribution is -0.372. The van der Waals surface area contributed by atoms with Crippen molar-refractivity contribution in [1.29, 1.82) is 0 Å². The van der Waals surface area contributed by atoms with Gasteiger partial charge in [0, 0.05) is 42.9 Å². The maximum absolute atomic E-state index is 15.5. The highest BCUT2D eigenvalue weighted by Gasteiger charge is 2.92. The zero-order valence-corrected chi connectivity index (χ0v) is 30.4. The summed E-state index contributed by atoms with van der Waals surface area (Å²) < 4.78 is 41.3. The Morgan fingerprint density at radius 1 is 0.849 bits per heavy atom. The van der Waals surface area contributed by atoms with Gasteiger partial charge >= 0.3 is 23.9 Å². The zero-order chi connectivity index (χ0) is 38.0. The fraction of sp³-hybridized carbons (Fsp3) is 0.615. The third-order valence-electron chi connectivity index (χ3n) is 14.3. The quantitative estimate of drug-likeness (QED) is 0.249. The Morgan fingerprint density at radius 3 is 2.15 bits per heavy atom. The highest BCUT2D eigenvalue weighted by atomic mass is 16.7. The van der Waals surface area contributed by atoms with Gasteiger partial charge in [0.2, 0.25) is 6.29 Å². The predicted octanol–water partition coefficient (Wildman–Crippen LogP) is 3.12. The summed E-state index contributed by atoms with van der Waals surface area (Å²) in [6.45, 7) is 7.55. The van der Waals surface area contributed by atoms with E-state index in [1.165, 1.54) is 33.1 Å². The summed E-state index contributed by atoms with van der Waals surface area (Å²) in [6, 6.07) is 7.77. The number of hydrogen-bond acceptors (Lipinski definition) is 14. The van der Waals surface area contributed by atoms with Gasteiger partial charge in [0.05, 0.1) is 66.5 Å². The van der Waals surface area contributed by atoms with Crippen molar-refractivity contribution in [2.24, 2.45) is 33.5 Å². The Hall–Kier alpha value is -4.11. The van der Waals surface area contributed by atoms with Crippen molar-refractivity contribution in [3.05, 3.63) is 59.5 Å². The van der Waals surface area contributed by atoms with Gasteiger partial charge in [0.1, 0.15) is 11.7 Å². The van der Waals surface area contributed by atoms with Gasteiger partial charge in [0.25, 0.3) is 0 Å². The summed E-state index contributed by atoms with van der Waals surface area (Å²) >= 11 is 0. The van der Waals surface area contributed by atoms with Crippen LogP contribution in [0.2, 0.25) is 0 Å². The summed E-state index contributed by atoms with van der Waals surface area (Å²) in [5.41, 5.74) is -5.81. The van der Waals surface area contributed by atoms with Crippen molar-refractivity contribution in [1.82, 2.24) is 0 Å². The Labute approximate surface area is 305 Å². The third kappa shape index (κ3) is 4.31. The minimum absolute atomic E-state index is 0.00964. The average molecular weight is 737 g/mol. The molecular weight excluding hydrogens is 692 g/mol. The molecule has 6 aliphatic rings. The number of rotatable bonds is 6. The van der Waals surface area contributed by atoms with Crippen LogP contribution in [0.15, 0.2) is 47.3 Å². The molecule has 2 saturated heterocycles. The molecule has 0 amide bonds. The third-order valence-corrected chi connectivity index (χ3v) is 14.3. The molecule has 1 aromatic carbocycles. The number of epoxide rings is 1. The highest BCUT2D eigenvalue weighted by molar-refractivity contribution is 6.03. The van der Waals surface area contributed by atoms with Gasteiger partial charge in [-0.3, -0.25) is 14.4 Å². The second-order valence-electron chi connectivity index (χ2n) is 16.3. The minimum atomic E-state index is -1.44. The topological polar surface area (TPSA) is 198 Å². The number of benzene rings is 1. The monoisotopic (exact) mass is 736 g/mol. The van der Waals surface area contributed by atoms with E-state index in [-0.39, 0.29) is 36.5 Å². The fourth-order valence-corrected chi connectivity index (χ4v) is 12.2. The second-order valence-corrected chi connectivity index (χ2v) is 16.3. The van der Waals surface area contributed by atoms with Crippen molar-refractivity contribution in [3.63, 3.8) is 0 Å². The first kappa shape index (κ1) is 35.9. The molecule has 284 valence electrons. The van der Waals surface area contributed by atoms with Gasteiger partial charge < -0.3 is 43.1 Å². The fourth-order valence-electron chi connectivity index (χ4n) is 12.2. The van der Waals surface area contributed by atoms with E-state index in [9.17, 15) is 29.4 Å². The van der Waals surface area contributed by atoms with E-state index in [0.717, 1.165) is 5.56 Å². The molecule has 0 unspecified atom stereocenters. The van der Waals surface area contributed by atoms with E-state index in [0.29, 0.717) is 6.42 Å². The number of esters is 4. The van der Waals surface area contributed by atoms with E-state index >= 15 is 4.79 Å². The lowest BCUT2D eigenvalue weighted by Crippen LogP contribution is -2.82. The summed E-state index contributed by atoms with van der Waals surface area (Å²) in [5.74, 6) is -5.84. The van der Waals surface area contributed by atoms with E-state index in [4.69, 9.17) is 32.8 Å². The minimum Gasteiger partial charge on any atom is -0.472 e. The molecule has 3 heterocycles. The van der Waals surface area contributed by atoms with Crippen LogP contribution < -0.4 is 0 Å². The van der Waals surface area contributed by atoms with E-state index in [1.54, 1.807) is 31.6 Å². The largest absolute Gasteiger partial charge is 0.472 e. The van der Waals surface area contributed by atoms with Crippen LogP contribution in [0.1, 0.15) is 86.1 Å². The van der Waals surface area contributed by atoms with E-state index < -0.39 is 106 Å². The number of ether oxygens (including phenoxy) is 6. The molecule has 0 radical (unpaired) electrons. The normalized spacial score (nSPS) is 44.7. The molecule has 2 aromatic rings. The molecule has 1 spiro atoms. The highest BCUT2D eigenvalue weighted by Crippen LogP contribution is 2.83. The number of furan rings is 1. The number of aliphatic hydroxyl groups excluding tert-OH is 2. The Bertz CT molecular complexity index is 1890. The number of carbonyl (C=O) groups is 5. The van der Waals surface area contributed by atoms with Crippen LogP contribution in [0, 0.1) is 33.5 Å². The van der Waals surface area contributed by atoms with Gasteiger partial charge in [-0.05, 0) is 49.4 Å². The average Bonchev–Trinajstić information content (AvgIpc) is 3.47. The first-order valence-corrected chi connectivity index (χ1v) is 18.0. The predicted molar refractivity (Wildman–Crippen MR) is 178 cm³/mol. The van der Waals surface area contributed by atoms with Crippen molar-refractivity contribution in [2.45, 2.75) is 102 Å². The van der Waals surface area contributed by atoms with Crippen molar-refractivity contribution >= 4 is 29.7 Å². The second kappa shape index (κ2) is 11.7. The number of Topliss-reactive ketones (excluding diaryl/α,β-unsaturated/α-hetero) is 1. The van der Waals surface area contributed by atoms with Crippen molar-refractivity contribution in [3.8, 4) is 0 Å². The molecule has 53 heavy (non-hydrogen) atoms. The van der Waals surface area contributed by atoms with Crippen LogP contribution in [-0.4, -0.2) is 96.0 Å².